The van der Waals surface area contributed by atoms with Crippen molar-refractivity contribution in [1.29, 1.82) is 0 Å². The fourth-order valence-electron chi connectivity index (χ4n) is 2.84. The summed E-state index contributed by atoms with van der Waals surface area (Å²) in [4.78, 5) is 16.4. The van der Waals surface area contributed by atoms with E-state index in [1.54, 1.807) is 6.07 Å². The second kappa shape index (κ2) is 4.66. The maximum Gasteiger partial charge on any atom is 0.264 e. The van der Waals surface area contributed by atoms with Crippen LogP contribution < -0.4 is 5.73 Å². The lowest BCUT2D eigenvalue weighted by molar-refractivity contribution is 0.0648. The largest absolute Gasteiger partial charge is 0.398 e. The molecular weight excluding hydrogens is 270 g/mol. The summed E-state index contributed by atoms with van der Waals surface area (Å²) in [5, 5.41) is 0. The molecule has 0 fully saturated rings. The van der Waals surface area contributed by atoms with Gasteiger partial charge in [0.25, 0.3) is 5.91 Å². The number of carbonyl (C=O) groups excluding carboxylic acids is 1. The standard InChI is InChI=1S/C15H19N3OS/c1-9-4-5-13-10(2)18(7-6-17(9)13)15(19)14-8-12(16)11(3)20-14/h4-5,8,10H,6-7,16H2,1-3H3. The minimum absolute atomic E-state index is 0.0902. The van der Waals surface area contributed by atoms with Gasteiger partial charge in [-0.25, -0.2) is 0 Å². The predicted octanol–water partition coefficient (Wildman–Crippen LogP) is 2.97. The summed E-state index contributed by atoms with van der Waals surface area (Å²) in [5.41, 5.74) is 9.04. The van der Waals surface area contributed by atoms with Crippen LogP contribution in [0.1, 0.15) is 38.9 Å². The molecule has 3 heterocycles. The fourth-order valence-corrected chi connectivity index (χ4v) is 3.74. The van der Waals surface area contributed by atoms with Gasteiger partial charge in [-0.1, -0.05) is 0 Å². The molecule has 0 aliphatic carbocycles. The Morgan fingerprint density at radius 1 is 1.35 bits per heavy atom. The summed E-state index contributed by atoms with van der Waals surface area (Å²) >= 11 is 1.48. The third kappa shape index (κ3) is 1.93. The smallest absolute Gasteiger partial charge is 0.264 e. The van der Waals surface area contributed by atoms with Crippen LogP contribution in [0.25, 0.3) is 0 Å². The molecule has 1 aliphatic heterocycles. The fraction of sp³-hybridized carbons (Fsp3) is 0.400. The molecule has 4 nitrogen and oxygen atoms in total. The highest BCUT2D eigenvalue weighted by atomic mass is 32.1. The van der Waals surface area contributed by atoms with Crippen LogP contribution in [-0.4, -0.2) is 21.9 Å². The van der Waals surface area contributed by atoms with E-state index in [0.717, 1.165) is 22.8 Å². The van der Waals surface area contributed by atoms with E-state index in [-0.39, 0.29) is 11.9 Å². The van der Waals surface area contributed by atoms with Gasteiger partial charge in [0.15, 0.2) is 0 Å². The van der Waals surface area contributed by atoms with Crippen molar-refractivity contribution < 1.29 is 4.79 Å². The molecule has 5 heteroatoms. The number of anilines is 1. The molecule has 1 aliphatic rings. The van der Waals surface area contributed by atoms with Crippen molar-refractivity contribution in [2.24, 2.45) is 0 Å². The van der Waals surface area contributed by atoms with Crippen LogP contribution in [0.3, 0.4) is 0 Å². The Hall–Kier alpha value is -1.75. The van der Waals surface area contributed by atoms with Crippen LogP contribution in [0.2, 0.25) is 0 Å². The number of aryl methyl sites for hydroxylation is 2. The van der Waals surface area contributed by atoms with Gasteiger partial charge in [-0.15, -0.1) is 11.3 Å². The monoisotopic (exact) mass is 289 g/mol. The molecule has 0 aromatic carbocycles. The van der Waals surface area contributed by atoms with E-state index in [1.165, 1.54) is 22.7 Å². The highest BCUT2D eigenvalue weighted by Crippen LogP contribution is 2.31. The molecule has 2 N–H and O–H groups in total. The van der Waals surface area contributed by atoms with Gasteiger partial charge in [-0.05, 0) is 39.0 Å². The zero-order valence-corrected chi connectivity index (χ0v) is 12.8. The predicted molar refractivity (Wildman–Crippen MR) is 82.1 cm³/mol. The average Bonchev–Trinajstić information content (AvgIpc) is 2.95. The number of amides is 1. The van der Waals surface area contributed by atoms with Crippen LogP contribution in [0.15, 0.2) is 18.2 Å². The van der Waals surface area contributed by atoms with Gasteiger partial charge >= 0.3 is 0 Å². The molecule has 2 aromatic heterocycles. The molecule has 20 heavy (non-hydrogen) atoms. The molecule has 0 saturated heterocycles. The molecule has 0 saturated carbocycles. The number of thiophene rings is 1. The van der Waals surface area contributed by atoms with Crippen molar-refractivity contribution in [3.05, 3.63) is 39.3 Å². The Balaban J connectivity index is 1.90. The van der Waals surface area contributed by atoms with Gasteiger partial charge in [0.2, 0.25) is 0 Å². The van der Waals surface area contributed by atoms with E-state index in [4.69, 9.17) is 5.73 Å². The summed E-state index contributed by atoms with van der Waals surface area (Å²) in [6, 6.07) is 6.14. The number of hydrogen-bond donors (Lipinski definition) is 1. The van der Waals surface area contributed by atoms with Crippen LogP contribution in [0.5, 0.6) is 0 Å². The number of nitrogens with two attached hydrogens (primary N) is 1. The Morgan fingerprint density at radius 3 is 2.75 bits per heavy atom. The molecule has 0 radical (unpaired) electrons. The molecule has 1 unspecified atom stereocenters. The lowest BCUT2D eigenvalue weighted by Gasteiger charge is -2.35. The molecule has 1 amide bonds. The zero-order chi connectivity index (χ0) is 14.4. The lowest BCUT2D eigenvalue weighted by atomic mass is 10.1. The first-order valence-corrected chi connectivity index (χ1v) is 7.63. The van der Waals surface area contributed by atoms with E-state index in [9.17, 15) is 4.79 Å². The van der Waals surface area contributed by atoms with Crippen LogP contribution in [0, 0.1) is 13.8 Å². The molecule has 0 bridgehead atoms. The van der Waals surface area contributed by atoms with E-state index < -0.39 is 0 Å². The molecule has 1 atom stereocenters. The number of carbonyl (C=O) groups is 1. The lowest BCUT2D eigenvalue weighted by Crippen LogP contribution is -2.40. The SMILES string of the molecule is Cc1sc(C(=O)N2CCn3c(C)ccc3C2C)cc1N. The van der Waals surface area contributed by atoms with Crippen molar-refractivity contribution in [2.45, 2.75) is 33.4 Å². The number of aromatic nitrogens is 1. The molecule has 2 aromatic rings. The van der Waals surface area contributed by atoms with Crippen molar-refractivity contribution >= 4 is 22.9 Å². The summed E-state index contributed by atoms with van der Waals surface area (Å²) in [5.74, 6) is 0.0902. The normalized spacial score (nSPS) is 18.1. The summed E-state index contributed by atoms with van der Waals surface area (Å²) in [6.07, 6.45) is 0. The van der Waals surface area contributed by atoms with Gasteiger partial charge in [0.05, 0.1) is 10.9 Å². The summed E-state index contributed by atoms with van der Waals surface area (Å²) in [6.45, 7) is 7.76. The maximum atomic E-state index is 12.7. The second-order valence-corrected chi connectivity index (χ2v) is 6.60. The first-order chi connectivity index (χ1) is 9.49. The van der Waals surface area contributed by atoms with Gasteiger partial charge in [0, 0.05) is 35.0 Å². The summed E-state index contributed by atoms with van der Waals surface area (Å²) in [7, 11) is 0. The number of nitrogens with zero attached hydrogens (tertiary/aromatic N) is 2. The number of rotatable bonds is 1. The number of hydrogen-bond acceptors (Lipinski definition) is 3. The van der Waals surface area contributed by atoms with Crippen molar-refractivity contribution in [3.63, 3.8) is 0 Å². The van der Waals surface area contributed by atoms with E-state index in [2.05, 4.69) is 30.5 Å². The van der Waals surface area contributed by atoms with E-state index in [1.807, 2.05) is 11.8 Å². The Morgan fingerprint density at radius 2 is 2.10 bits per heavy atom. The summed E-state index contributed by atoms with van der Waals surface area (Å²) < 4.78 is 2.29. The quantitative estimate of drug-likeness (QED) is 0.877. The van der Waals surface area contributed by atoms with Gasteiger partial charge in [-0.2, -0.15) is 0 Å². The molecular formula is C15H19N3OS. The zero-order valence-electron chi connectivity index (χ0n) is 12.0. The van der Waals surface area contributed by atoms with Crippen molar-refractivity contribution in [3.8, 4) is 0 Å². The Labute approximate surface area is 122 Å². The first kappa shape index (κ1) is 13.2. The number of nitrogen functional groups attached to an aromatic ring is 1. The Kier molecular flexibility index (Phi) is 3.09. The van der Waals surface area contributed by atoms with Crippen LogP contribution in [0.4, 0.5) is 5.69 Å². The Bertz CT molecular complexity index is 651. The molecule has 3 rings (SSSR count). The topological polar surface area (TPSA) is 51.3 Å². The van der Waals surface area contributed by atoms with Gasteiger partial charge in [0.1, 0.15) is 0 Å². The highest BCUT2D eigenvalue weighted by Gasteiger charge is 2.29. The van der Waals surface area contributed by atoms with Gasteiger partial charge in [-0.3, -0.25) is 4.79 Å². The van der Waals surface area contributed by atoms with Crippen LogP contribution in [-0.2, 0) is 6.54 Å². The second-order valence-electron chi connectivity index (χ2n) is 5.35. The third-order valence-electron chi connectivity index (χ3n) is 4.12. The van der Waals surface area contributed by atoms with Crippen molar-refractivity contribution in [2.75, 3.05) is 12.3 Å². The first-order valence-electron chi connectivity index (χ1n) is 6.82. The average molecular weight is 289 g/mol. The minimum atomic E-state index is 0.0902. The van der Waals surface area contributed by atoms with Crippen LogP contribution >= 0.6 is 11.3 Å². The molecule has 106 valence electrons. The third-order valence-corrected chi connectivity index (χ3v) is 5.17. The number of fused-ring (bicyclic) bond motifs is 1. The van der Waals surface area contributed by atoms with E-state index in [0.29, 0.717) is 5.69 Å². The van der Waals surface area contributed by atoms with Crippen molar-refractivity contribution in [1.82, 2.24) is 9.47 Å². The molecule has 0 spiro atoms. The van der Waals surface area contributed by atoms with E-state index >= 15 is 0 Å². The van der Waals surface area contributed by atoms with Gasteiger partial charge < -0.3 is 15.2 Å². The highest BCUT2D eigenvalue weighted by molar-refractivity contribution is 7.14. The maximum absolute atomic E-state index is 12.7. The minimum Gasteiger partial charge on any atom is -0.398 e.